The van der Waals surface area contributed by atoms with Crippen LogP contribution in [0.15, 0.2) is 23.0 Å². The Morgan fingerprint density at radius 3 is 3.08 bits per heavy atom. The van der Waals surface area contributed by atoms with Crippen molar-refractivity contribution in [1.82, 2.24) is 0 Å². The molecule has 1 aromatic heterocycles. The summed E-state index contributed by atoms with van der Waals surface area (Å²) in [7, 11) is 0. The fourth-order valence-corrected chi connectivity index (χ4v) is 2.03. The Labute approximate surface area is 83.9 Å². The van der Waals surface area contributed by atoms with Gasteiger partial charge in [0, 0.05) is 11.8 Å². The van der Waals surface area contributed by atoms with Gasteiger partial charge in [0.2, 0.25) is 0 Å². The summed E-state index contributed by atoms with van der Waals surface area (Å²) in [4.78, 5) is 0. The molecule has 2 N–H and O–H groups in total. The van der Waals surface area contributed by atoms with E-state index in [2.05, 4.69) is 6.92 Å². The Balaban J connectivity index is 2.14. The topological polar surface area (TPSA) is 39.2 Å². The highest BCUT2D eigenvalue weighted by Crippen LogP contribution is 2.08. The smallest absolute Gasteiger partial charge is 0.0935 e. The zero-order valence-electron chi connectivity index (χ0n) is 8.03. The molecule has 1 atom stereocenters. The second-order valence-corrected chi connectivity index (χ2v) is 4.32. The number of nitrogens with two attached hydrogens (primary N) is 1. The van der Waals surface area contributed by atoms with Crippen LogP contribution in [0.5, 0.6) is 0 Å². The van der Waals surface area contributed by atoms with Crippen LogP contribution in [0.25, 0.3) is 0 Å². The number of hydrogen-bond acceptors (Lipinski definition) is 3. The van der Waals surface area contributed by atoms with Gasteiger partial charge in [0.15, 0.2) is 0 Å². The van der Waals surface area contributed by atoms with Crippen molar-refractivity contribution in [3.05, 3.63) is 24.2 Å². The van der Waals surface area contributed by atoms with E-state index >= 15 is 0 Å². The Bertz CT molecular complexity index is 211. The van der Waals surface area contributed by atoms with Gasteiger partial charge >= 0.3 is 0 Å². The average molecular weight is 199 g/mol. The fraction of sp³-hybridized carbons (Fsp3) is 0.600. The van der Waals surface area contributed by atoms with Gasteiger partial charge in [-0.05, 0) is 30.2 Å². The summed E-state index contributed by atoms with van der Waals surface area (Å²) in [5, 5.41) is 0. The molecule has 1 aromatic rings. The van der Waals surface area contributed by atoms with Gasteiger partial charge in [-0.1, -0.05) is 6.92 Å². The van der Waals surface area contributed by atoms with Crippen molar-refractivity contribution >= 4 is 11.8 Å². The fourth-order valence-electron chi connectivity index (χ4n) is 1.15. The van der Waals surface area contributed by atoms with Crippen LogP contribution in [0.1, 0.15) is 18.9 Å². The van der Waals surface area contributed by atoms with Crippen LogP contribution in [-0.4, -0.2) is 17.5 Å². The minimum atomic E-state index is 0.258. The third-order valence-corrected chi connectivity index (χ3v) is 3.12. The number of thioether (sulfide) groups is 1. The standard InChI is InChI=1S/C10H17NOS/c1-2-5-13-8-10(11)6-9-3-4-12-7-9/h3-4,7,10H,2,5-6,8,11H2,1H3. The van der Waals surface area contributed by atoms with Gasteiger partial charge in [-0.2, -0.15) is 11.8 Å². The number of rotatable bonds is 6. The monoisotopic (exact) mass is 199 g/mol. The SMILES string of the molecule is CCCSCC(N)Cc1ccoc1. The molecule has 1 unspecified atom stereocenters. The molecule has 0 aliphatic heterocycles. The Morgan fingerprint density at radius 1 is 1.62 bits per heavy atom. The molecular formula is C10H17NOS. The van der Waals surface area contributed by atoms with E-state index in [1.54, 1.807) is 12.5 Å². The van der Waals surface area contributed by atoms with Crippen LogP contribution in [0.2, 0.25) is 0 Å². The van der Waals surface area contributed by atoms with Gasteiger partial charge in [-0.3, -0.25) is 0 Å². The summed E-state index contributed by atoms with van der Waals surface area (Å²) < 4.78 is 4.98. The molecule has 0 saturated heterocycles. The molecule has 0 bridgehead atoms. The largest absolute Gasteiger partial charge is 0.472 e. The highest BCUT2D eigenvalue weighted by molar-refractivity contribution is 7.99. The molecule has 0 radical (unpaired) electrons. The molecule has 0 fully saturated rings. The lowest BCUT2D eigenvalue weighted by Gasteiger charge is -2.08. The van der Waals surface area contributed by atoms with Crippen molar-refractivity contribution in [2.45, 2.75) is 25.8 Å². The molecular weight excluding hydrogens is 182 g/mol. The van der Waals surface area contributed by atoms with Crippen molar-refractivity contribution in [1.29, 1.82) is 0 Å². The van der Waals surface area contributed by atoms with Crippen LogP contribution in [0.4, 0.5) is 0 Å². The Morgan fingerprint density at radius 2 is 2.46 bits per heavy atom. The predicted octanol–water partition coefficient (Wildman–Crippen LogP) is 2.29. The first kappa shape index (κ1) is 10.7. The van der Waals surface area contributed by atoms with E-state index in [-0.39, 0.29) is 6.04 Å². The van der Waals surface area contributed by atoms with Gasteiger partial charge in [0.25, 0.3) is 0 Å². The second kappa shape index (κ2) is 6.11. The van der Waals surface area contributed by atoms with Crippen LogP contribution in [0, 0.1) is 0 Å². The zero-order valence-corrected chi connectivity index (χ0v) is 8.85. The van der Waals surface area contributed by atoms with Gasteiger partial charge < -0.3 is 10.2 Å². The van der Waals surface area contributed by atoms with Gasteiger partial charge in [0.1, 0.15) is 0 Å². The summed E-state index contributed by atoms with van der Waals surface area (Å²) in [6.07, 6.45) is 5.61. The van der Waals surface area contributed by atoms with Crippen LogP contribution in [0.3, 0.4) is 0 Å². The summed E-state index contributed by atoms with van der Waals surface area (Å²) in [6, 6.07) is 2.24. The number of furan rings is 1. The quantitative estimate of drug-likeness (QED) is 0.714. The molecule has 13 heavy (non-hydrogen) atoms. The lowest BCUT2D eigenvalue weighted by Crippen LogP contribution is -2.25. The maximum absolute atomic E-state index is 5.94. The van der Waals surface area contributed by atoms with Crippen molar-refractivity contribution < 1.29 is 4.42 Å². The molecule has 0 amide bonds. The first-order chi connectivity index (χ1) is 6.33. The maximum Gasteiger partial charge on any atom is 0.0935 e. The van der Waals surface area contributed by atoms with Crippen LogP contribution < -0.4 is 5.73 Å². The normalized spacial score (nSPS) is 13.1. The van der Waals surface area contributed by atoms with Crippen molar-refractivity contribution in [2.75, 3.05) is 11.5 Å². The van der Waals surface area contributed by atoms with E-state index in [1.807, 2.05) is 17.8 Å². The van der Waals surface area contributed by atoms with E-state index in [1.165, 1.54) is 17.7 Å². The molecule has 0 aromatic carbocycles. The van der Waals surface area contributed by atoms with Crippen molar-refractivity contribution in [3.8, 4) is 0 Å². The molecule has 0 aliphatic rings. The highest BCUT2D eigenvalue weighted by atomic mass is 32.2. The number of hydrogen-bond donors (Lipinski definition) is 1. The van der Waals surface area contributed by atoms with Gasteiger partial charge in [0.05, 0.1) is 12.5 Å². The Kier molecular flexibility index (Phi) is 5.01. The molecule has 2 nitrogen and oxygen atoms in total. The molecule has 1 heterocycles. The first-order valence-corrected chi connectivity index (χ1v) is 5.82. The summed E-state index contributed by atoms with van der Waals surface area (Å²) in [5.74, 6) is 2.25. The van der Waals surface area contributed by atoms with E-state index in [0.717, 1.165) is 12.2 Å². The van der Waals surface area contributed by atoms with E-state index in [9.17, 15) is 0 Å². The first-order valence-electron chi connectivity index (χ1n) is 4.67. The zero-order chi connectivity index (χ0) is 9.52. The minimum absolute atomic E-state index is 0.258. The summed E-state index contributed by atoms with van der Waals surface area (Å²) >= 11 is 1.93. The molecule has 0 aliphatic carbocycles. The third-order valence-electron chi connectivity index (χ3n) is 1.76. The van der Waals surface area contributed by atoms with Crippen LogP contribution >= 0.6 is 11.8 Å². The molecule has 74 valence electrons. The second-order valence-electron chi connectivity index (χ2n) is 3.17. The van der Waals surface area contributed by atoms with Crippen LogP contribution in [-0.2, 0) is 6.42 Å². The van der Waals surface area contributed by atoms with Gasteiger partial charge in [-0.25, -0.2) is 0 Å². The van der Waals surface area contributed by atoms with E-state index in [4.69, 9.17) is 10.2 Å². The molecule has 3 heteroatoms. The van der Waals surface area contributed by atoms with Crippen molar-refractivity contribution in [3.63, 3.8) is 0 Å². The van der Waals surface area contributed by atoms with E-state index in [0.29, 0.717) is 0 Å². The van der Waals surface area contributed by atoms with Crippen molar-refractivity contribution in [2.24, 2.45) is 5.73 Å². The average Bonchev–Trinajstić information content (AvgIpc) is 2.57. The predicted molar refractivity (Wildman–Crippen MR) is 58.0 cm³/mol. The summed E-state index contributed by atoms with van der Waals surface area (Å²) in [5.41, 5.74) is 7.14. The lowest BCUT2D eigenvalue weighted by molar-refractivity contribution is 0.562. The van der Waals surface area contributed by atoms with Gasteiger partial charge in [-0.15, -0.1) is 0 Å². The third kappa shape index (κ3) is 4.39. The highest BCUT2D eigenvalue weighted by Gasteiger charge is 2.04. The maximum atomic E-state index is 5.94. The Hall–Kier alpha value is -0.410. The lowest BCUT2D eigenvalue weighted by atomic mass is 10.1. The molecule has 0 spiro atoms. The molecule has 1 rings (SSSR count). The van der Waals surface area contributed by atoms with E-state index < -0.39 is 0 Å². The minimum Gasteiger partial charge on any atom is -0.472 e. The molecule has 0 saturated carbocycles. The summed E-state index contributed by atoms with van der Waals surface area (Å²) in [6.45, 7) is 2.19.